The van der Waals surface area contributed by atoms with Crippen molar-refractivity contribution in [3.8, 4) is 33.4 Å². The van der Waals surface area contributed by atoms with Crippen molar-refractivity contribution in [1.82, 2.24) is 0 Å². The molecular formula is C51H45O10P. The monoisotopic (exact) mass is 848 g/mol. The van der Waals surface area contributed by atoms with Gasteiger partial charge in [-0.15, -0.1) is 0 Å². The topological polar surface area (TPSA) is 124 Å². The van der Waals surface area contributed by atoms with E-state index in [-0.39, 0.29) is 0 Å². The highest BCUT2D eigenvalue weighted by Gasteiger charge is 2.37. The summed E-state index contributed by atoms with van der Waals surface area (Å²) < 4.78 is 47.1. The lowest BCUT2D eigenvalue weighted by molar-refractivity contribution is -0.172. The summed E-state index contributed by atoms with van der Waals surface area (Å²) in [6.45, 7) is 3.91. The number of benzene rings is 6. The summed E-state index contributed by atoms with van der Waals surface area (Å²) in [6, 6.07) is 51.5. The summed E-state index contributed by atoms with van der Waals surface area (Å²) in [5.41, 5.74) is 7.81. The van der Waals surface area contributed by atoms with Crippen LogP contribution >= 0.6 is 7.82 Å². The maximum atomic E-state index is 14.2. The van der Waals surface area contributed by atoms with Crippen LogP contribution in [0.15, 0.2) is 182 Å². The zero-order chi connectivity index (χ0) is 43.7. The number of ether oxygens (including phenoxy) is 3. The Bertz CT molecular complexity index is 2290. The molecule has 0 aliphatic carbocycles. The van der Waals surface area contributed by atoms with E-state index in [0.717, 1.165) is 50.1 Å². The van der Waals surface area contributed by atoms with E-state index in [1.807, 2.05) is 164 Å². The highest BCUT2D eigenvalue weighted by atomic mass is 31.2. The third kappa shape index (κ3) is 13.3. The third-order valence-electron chi connectivity index (χ3n) is 9.01. The van der Waals surface area contributed by atoms with Gasteiger partial charge < -0.3 is 14.2 Å². The molecule has 0 heterocycles. The lowest BCUT2D eigenvalue weighted by Crippen LogP contribution is -2.24. The molecule has 3 atom stereocenters. The molecule has 0 saturated carbocycles. The highest BCUT2D eigenvalue weighted by molar-refractivity contribution is 7.48. The Morgan fingerprint density at radius 3 is 0.903 bits per heavy atom. The van der Waals surface area contributed by atoms with E-state index in [1.165, 1.54) is 39.0 Å². The van der Waals surface area contributed by atoms with Crippen LogP contribution in [-0.4, -0.2) is 36.8 Å². The minimum Gasteiger partial charge on any atom is -0.432 e. The fraction of sp³-hybridized carbons (Fsp3) is 0.118. The van der Waals surface area contributed by atoms with Crippen molar-refractivity contribution >= 4 is 44.0 Å². The van der Waals surface area contributed by atoms with Gasteiger partial charge in [0.25, 0.3) is 0 Å². The molecule has 6 rings (SSSR count). The predicted octanol–water partition coefficient (Wildman–Crippen LogP) is 12.0. The Labute approximate surface area is 361 Å². The molecule has 0 fully saturated rings. The fourth-order valence-electron chi connectivity index (χ4n) is 6.34. The van der Waals surface area contributed by atoms with Crippen molar-refractivity contribution in [2.45, 2.75) is 39.6 Å². The summed E-state index contributed by atoms with van der Waals surface area (Å²) in [5.74, 6) is -2.48. The summed E-state index contributed by atoms with van der Waals surface area (Å²) in [6.07, 6.45) is 3.82. The first kappa shape index (κ1) is 44.6. The van der Waals surface area contributed by atoms with Gasteiger partial charge in [-0.05, 0) is 89.1 Å². The number of carbonyl (C=O) groups excluding carboxylic acids is 3. The average molecular weight is 849 g/mol. The van der Waals surface area contributed by atoms with Gasteiger partial charge >= 0.3 is 25.7 Å². The molecule has 0 amide bonds. The van der Waals surface area contributed by atoms with Gasteiger partial charge in [-0.1, -0.05) is 164 Å². The summed E-state index contributed by atoms with van der Waals surface area (Å²) in [4.78, 5) is 39.0. The predicted molar refractivity (Wildman–Crippen MR) is 240 cm³/mol. The zero-order valence-corrected chi connectivity index (χ0v) is 35.2. The van der Waals surface area contributed by atoms with Gasteiger partial charge in [-0.25, -0.2) is 32.5 Å². The Kier molecular flexibility index (Phi) is 15.9. The number of carbonyl (C=O) groups is 3. The first-order valence-corrected chi connectivity index (χ1v) is 21.3. The molecule has 0 aliphatic heterocycles. The second-order valence-electron chi connectivity index (χ2n) is 13.6. The smallest absolute Gasteiger partial charge is 0.432 e. The van der Waals surface area contributed by atoms with Crippen molar-refractivity contribution in [3.05, 3.63) is 199 Å². The molecule has 0 saturated heterocycles. The van der Waals surface area contributed by atoms with Crippen molar-refractivity contribution in [2.24, 2.45) is 0 Å². The molecule has 0 aliphatic rings. The molecule has 314 valence electrons. The normalized spacial score (nSPS) is 13.9. The number of phosphoric ester groups is 1. The van der Waals surface area contributed by atoms with E-state index < -0.39 is 44.6 Å². The number of rotatable bonds is 18. The molecular weight excluding hydrogens is 804 g/mol. The SMILES string of the molecule is CC(OC(=O)/C=C/c1ccccc1-c1ccccc1)OP(=O)(OC(C)OC(=O)/C=C/c1ccccc1-c1ccccc1)OC(C)OC(=O)/C=C/c1ccccc1-c1ccccc1. The van der Waals surface area contributed by atoms with Gasteiger partial charge in [0.05, 0.1) is 0 Å². The molecule has 0 aromatic heterocycles. The Hall–Kier alpha value is -6.94. The van der Waals surface area contributed by atoms with Crippen LogP contribution in [0.25, 0.3) is 51.6 Å². The molecule has 11 heteroatoms. The molecule has 6 aromatic rings. The maximum Gasteiger partial charge on any atom is 0.484 e. The van der Waals surface area contributed by atoms with Crippen LogP contribution in [0.3, 0.4) is 0 Å². The first-order chi connectivity index (χ1) is 30.0. The number of hydrogen-bond donors (Lipinski definition) is 0. The second-order valence-corrected chi connectivity index (χ2v) is 15.2. The van der Waals surface area contributed by atoms with Crippen molar-refractivity contribution in [2.75, 3.05) is 0 Å². The van der Waals surface area contributed by atoms with Gasteiger partial charge in [0.2, 0.25) is 18.9 Å². The largest absolute Gasteiger partial charge is 0.484 e. The highest BCUT2D eigenvalue weighted by Crippen LogP contribution is 2.53. The Morgan fingerprint density at radius 2 is 0.629 bits per heavy atom. The van der Waals surface area contributed by atoms with Crippen LogP contribution in [0, 0.1) is 0 Å². The molecule has 0 radical (unpaired) electrons. The summed E-state index contributed by atoms with van der Waals surface area (Å²) in [5, 5.41) is 0. The van der Waals surface area contributed by atoms with E-state index in [0.29, 0.717) is 0 Å². The number of phosphoric acid groups is 1. The lowest BCUT2D eigenvalue weighted by atomic mass is 9.99. The van der Waals surface area contributed by atoms with E-state index in [1.54, 1.807) is 18.2 Å². The quantitative estimate of drug-likeness (QED) is 0.0271. The van der Waals surface area contributed by atoms with Crippen LogP contribution in [0.4, 0.5) is 0 Å². The fourth-order valence-corrected chi connectivity index (χ4v) is 7.70. The van der Waals surface area contributed by atoms with Crippen molar-refractivity contribution in [1.29, 1.82) is 0 Å². The standard InChI is InChI=1S/C51H45O10P/c1-37(56-49(52)34-31-43-25-13-16-28-46(43)40-19-7-4-8-20-40)59-62(55,60-38(2)57-50(53)35-32-44-26-14-17-29-47(44)41-21-9-5-10-22-41)61-39(3)58-51(54)36-33-45-27-15-18-30-48(45)42-23-11-6-12-24-42/h4-39H,1-3H3/b34-31+,35-32+,36-33+. The van der Waals surface area contributed by atoms with E-state index in [4.69, 9.17) is 27.8 Å². The summed E-state index contributed by atoms with van der Waals surface area (Å²) >= 11 is 0. The summed E-state index contributed by atoms with van der Waals surface area (Å²) in [7, 11) is -4.83. The number of esters is 3. The van der Waals surface area contributed by atoms with Gasteiger partial charge in [-0.3, -0.25) is 0 Å². The third-order valence-corrected chi connectivity index (χ3v) is 10.7. The minimum absolute atomic E-state index is 0.753. The lowest BCUT2D eigenvalue weighted by Gasteiger charge is -2.25. The molecule has 0 spiro atoms. The molecule has 0 bridgehead atoms. The van der Waals surface area contributed by atoms with Crippen molar-refractivity contribution < 1.29 is 46.7 Å². The average Bonchev–Trinajstić information content (AvgIpc) is 3.27. The molecule has 0 N–H and O–H groups in total. The van der Waals surface area contributed by atoms with Crippen molar-refractivity contribution in [3.63, 3.8) is 0 Å². The maximum absolute atomic E-state index is 14.2. The van der Waals surface area contributed by atoms with E-state index >= 15 is 0 Å². The van der Waals surface area contributed by atoms with Gasteiger partial charge in [0.1, 0.15) is 0 Å². The zero-order valence-electron chi connectivity index (χ0n) is 34.3. The Morgan fingerprint density at radius 1 is 0.387 bits per heavy atom. The van der Waals surface area contributed by atoms with Crippen LogP contribution in [-0.2, 0) is 46.7 Å². The van der Waals surface area contributed by atoms with Crippen LogP contribution in [0.2, 0.25) is 0 Å². The van der Waals surface area contributed by atoms with Crippen LogP contribution in [0.1, 0.15) is 37.5 Å². The van der Waals surface area contributed by atoms with E-state index in [9.17, 15) is 18.9 Å². The molecule has 62 heavy (non-hydrogen) atoms. The van der Waals surface area contributed by atoms with Crippen LogP contribution < -0.4 is 0 Å². The molecule has 10 nitrogen and oxygen atoms in total. The van der Waals surface area contributed by atoms with Gasteiger partial charge in [0.15, 0.2) is 0 Å². The molecule has 6 aromatic carbocycles. The van der Waals surface area contributed by atoms with Crippen LogP contribution in [0.5, 0.6) is 0 Å². The first-order valence-electron chi connectivity index (χ1n) is 19.8. The number of hydrogen-bond acceptors (Lipinski definition) is 10. The van der Waals surface area contributed by atoms with E-state index in [2.05, 4.69) is 0 Å². The molecule has 3 unspecified atom stereocenters. The van der Waals surface area contributed by atoms with Gasteiger partial charge in [-0.2, -0.15) is 0 Å². The van der Waals surface area contributed by atoms with Gasteiger partial charge in [0, 0.05) is 18.2 Å². The second kappa shape index (κ2) is 22.1. The Balaban J connectivity index is 1.13. The minimum atomic E-state index is -4.83.